The molecule has 0 aliphatic carbocycles. The monoisotopic (exact) mass is 300 g/mol. The molecule has 70 valence electrons. The van der Waals surface area contributed by atoms with E-state index in [2.05, 4.69) is 4.98 Å². The van der Waals surface area contributed by atoms with E-state index >= 15 is 0 Å². The molecule has 1 aromatic rings. The summed E-state index contributed by atoms with van der Waals surface area (Å²) in [6.07, 6.45) is -0.855. The minimum atomic E-state index is -2.74. The van der Waals surface area contributed by atoms with Gasteiger partial charge < -0.3 is 0 Å². The quantitative estimate of drug-likeness (QED) is 0.479. The predicted molar refractivity (Wildman–Crippen MR) is 48.6 cm³/mol. The second-order valence-corrected chi connectivity index (χ2v) is 3.20. The lowest BCUT2D eigenvalue weighted by Crippen LogP contribution is -1.98. The van der Waals surface area contributed by atoms with E-state index in [-0.39, 0.29) is 3.57 Å². The number of rotatable bonds is 2. The average Bonchev–Trinajstić information content (AvgIpc) is 2.03. The number of hydrogen-bond donors (Lipinski definition) is 0. The van der Waals surface area contributed by atoms with Gasteiger partial charge in [0.25, 0.3) is 6.43 Å². The molecule has 0 amide bonds. The number of nitrogens with zero attached hydrogens (tertiary/aromatic N) is 2. The van der Waals surface area contributed by atoms with Crippen molar-refractivity contribution in [1.29, 1.82) is 0 Å². The third kappa shape index (κ3) is 2.08. The average molecular weight is 300 g/mol. The van der Waals surface area contributed by atoms with Gasteiger partial charge in [-0.1, -0.05) is 0 Å². The van der Waals surface area contributed by atoms with Gasteiger partial charge in [0, 0.05) is 6.20 Å². The smallest absolute Gasteiger partial charge is 0.258 e. The molecule has 0 N–H and O–H groups in total. The zero-order valence-electron chi connectivity index (χ0n) is 6.08. The van der Waals surface area contributed by atoms with Crippen molar-refractivity contribution < 1.29 is 13.7 Å². The lowest BCUT2D eigenvalue weighted by Gasteiger charge is -2.01. The summed E-state index contributed by atoms with van der Waals surface area (Å²) in [7, 11) is 0. The number of nitro groups is 1. The van der Waals surface area contributed by atoms with Gasteiger partial charge in [-0.05, 0) is 22.6 Å². The molecule has 0 aromatic carbocycles. The summed E-state index contributed by atoms with van der Waals surface area (Å²) in [5, 5.41) is 10.3. The second kappa shape index (κ2) is 3.90. The van der Waals surface area contributed by atoms with Gasteiger partial charge >= 0.3 is 5.69 Å². The van der Waals surface area contributed by atoms with Gasteiger partial charge in [0.2, 0.25) is 0 Å². The standard InChI is InChI=1S/C6H3F2IN2O2/c7-6(8)3-1-10-2-4(5(3)9)11(12)13/h1-2,6H. The number of aromatic nitrogens is 1. The normalized spacial score (nSPS) is 10.5. The molecule has 0 bridgehead atoms. The molecular formula is C6H3F2IN2O2. The third-order valence-electron chi connectivity index (χ3n) is 1.32. The van der Waals surface area contributed by atoms with E-state index in [0.717, 1.165) is 12.4 Å². The minimum absolute atomic E-state index is 0.0624. The summed E-state index contributed by atoms with van der Waals surface area (Å²) in [5.41, 5.74) is -0.798. The van der Waals surface area contributed by atoms with Crippen molar-refractivity contribution in [2.75, 3.05) is 0 Å². The van der Waals surface area contributed by atoms with E-state index in [0.29, 0.717) is 0 Å². The van der Waals surface area contributed by atoms with E-state index in [4.69, 9.17) is 0 Å². The summed E-state index contributed by atoms with van der Waals surface area (Å²) in [5.74, 6) is 0. The van der Waals surface area contributed by atoms with Gasteiger partial charge in [-0.2, -0.15) is 0 Å². The van der Waals surface area contributed by atoms with E-state index < -0.39 is 22.6 Å². The van der Waals surface area contributed by atoms with Crippen molar-refractivity contribution in [1.82, 2.24) is 4.98 Å². The molecule has 0 unspecified atom stereocenters. The lowest BCUT2D eigenvalue weighted by molar-refractivity contribution is -0.386. The summed E-state index contributed by atoms with van der Waals surface area (Å²) in [4.78, 5) is 12.9. The predicted octanol–water partition coefficient (Wildman–Crippen LogP) is 2.53. The molecule has 0 spiro atoms. The fourth-order valence-electron chi connectivity index (χ4n) is 0.729. The lowest BCUT2D eigenvalue weighted by atomic mass is 10.3. The molecule has 7 heteroatoms. The first-order chi connectivity index (χ1) is 6.04. The maximum atomic E-state index is 12.2. The van der Waals surface area contributed by atoms with E-state index in [1.54, 1.807) is 0 Å². The van der Waals surface area contributed by atoms with Crippen molar-refractivity contribution >= 4 is 28.3 Å². The maximum absolute atomic E-state index is 12.2. The Labute approximate surface area is 85.3 Å². The van der Waals surface area contributed by atoms with E-state index in [1.165, 1.54) is 22.6 Å². The Bertz CT molecular complexity index is 345. The van der Waals surface area contributed by atoms with Gasteiger partial charge in [-0.25, -0.2) is 8.78 Å². The van der Waals surface area contributed by atoms with Crippen molar-refractivity contribution in [2.24, 2.45) is 0 Å². The van der Waals surface area contributed by atoms with Crippen LogP contribution in [0.2, 0.25) is 0 Å². The zero-order valence-corrected chi connectivity index (χ0v) is 8.23. The molecule has 13 heavy (non-hydrogen) atoms. The largest absolute Gasteiger partial charge is 0.301 e. The van der Waals surface area contributed by atoms with Crippen LogP contribution in [0.5, 0.6) is 0 Å². The molecule has 0 saturated carbocycles. The highest BCUT2D eigenvalue weighted by atomic mass is 127. The summed E-state index contributed by atoms with van der Waals surface area (Å²) < 4.78 is 24.3. The number of hydrogen-bond acceptors (Lipinski definition) is 3. The fraction of sp³-hybridized carbons (Fsp3) is 0.167. The Hall–Kier alpha value is -0.860. The first-order valence-corrected chi connectivity index (χ1v) is 4.18. The Morgan fingerprint density at radius 3 is 2.62 bits per heavy atom. The molecule has 0 aliphatic heterocycles. The zero-order chi connectivity index (χ0) is 10.0. The molecular weight excluding hydrogens is 297 g/mol. The van der Waals surface area contributed by atoms with Gasteiger partial charge in [-0.15, -0.1) is 0 Å². The summed E-state index contributed by atoms with van der Waals surface area (Å²) in [6, 6.07) is 0. The minimum Gasteiger partial charge on any atom is -0.258 e. The topological polar surface area (TPSA) is 56.0 Å². The van der Waals surface area contributed by atoms with Crippen molar-refractivity contribution in [3.63, 3.8) is 0 Å². The summed E-state index contributed by atoms with van der Waals surface area (Å²) >= 11 is 1.51. The van der Waals surface area contributed by atoms with Crippen LogP contribution in [0.25, 0.3) is 0 Å². The van der Waals surface area contributed by atoms with Gasteiger partial charge in [0.05, 0.1) is 10.5 Å². The molecule has 0 fully saturated rings. The molecule has 1 rings (SSSR count). The first kappa shape index (κ1) is 10.2. The van der Waals surface area contributed by atoms with Crippen LogP contribution >= 0.6 is 22.6 Å². The highest BCUT2D eigenvalue weighted by Crippen LogP contribution is 2.29. The van der Waals surface area contributed by atoms with Crippen molar-refractivity contribution in [3.05, 3.63) is 31.6 Å². The van der Waals surface area contributed by atoms with Crippen LogP contribution in [-0.2, 0) is 0 Å². The van der Waals surface area contributed by atoms with Gasteiger partial charge in [-0.3, -0.25) is 15.1 Å². The maximum Gasteiger partial charge on any atom is 0.301 e. The van der Waals surface area contributed by atoms with Crippen LogP contribution in [0, 0.1) is 13.7 Å². The number of alkyl halides is 2. The van der Waals surface area contributed by atoms with Gasteiger partial charge in [0.1, 0.15) is 9.77 Å². The van der Waals surface area contributed by atoms with Crippen LogP contribution in [0.1, 0.15) is 12.0 Å². The SMILES string of the molecule is O=[N+]([O-])c1cncc(C(F)F)c1I. The van der Waals surface area contributed by atoms with Gasteiger partial charge in [0.15, 0.2) is 0 Å². The van der Waals surface area contributed by atoms with Crippen LogP contribution in [0.3, 0.4) is 0 Å². The highest BCUT2D eigenvalue weighted by molar-refractivity contribution is 14.1. The molecule has 0 radical (unpaired) electrons. The molecule has 0 saturated heterocycles. The molecule has 0 atom stereocenters. The third-order valence-corrected chi connectivity index (χ3v) is 2.50. The fourth-order valence-corrected chi connectivity index (χ4v) is 1.44. The number of pyridine rings is 1. The van der Waals surface area contributed by atoms with E-state index in [1.807, 2.05) is 0 Å². The molecule has 1 aromatic heterocycles. The Kier molecular flexibility index (Phi) is 3.07. The molecule has 0 aliphatic rings. The molecule has 4 nitrogen and oxygen atoms in total. The van der Waals surface area contributed by atoms with Crippen LogP contribution in [0.4, 0.5) is 14.5 Å². The first-order valence-electron chi connectivity index (χ1n) is 3.10. The van der Waals surface area contributed by atoms with Crippen LogP contribution < -0.4 is 0 Å². The Morgan fingerprint density at radius 2 is 2.15 bits per heavy atom. The highest BCUT2D eigenvalue weighted by Gasteiger charge is 2.20. The van der Waals surface area contributed by atoms with E-state index in [9.17, 15) is 18.9 Å². The Morgan fingerprint density at radius 1 is 1.54 bits per heavy atom. The Balaban J connectivity index is 3.26. The van der Waals surface area contributed by atoms with Crippen LogP contribution in [0.15, 0.2) is 12.4 Å². The van der Waals surface area contributed by atoms with Crippen molar-refractivity contribution in [2.45, 2.75) is 6.43 Å². The second-order valence-electron chi connectivity index (χ2n) is 2.12. The molecule has 1 heterocycles. The van der Waals surface area contributed by atoms with Crippen LogP contribution in [-0.4, -0.2) is 9.91 Å². The summed E-state index contributed by atoms with van der Waals surface area (Å²) in [6.45, 7) is 0. The number of halogens is 3. The van der Waals surface area contributed by atoms with Crippen molar-refractivity contribution in [3.8, 4) is 0 Å².